The van der Waals surface area contributed by atoms with Gasteiger partial charge in [-0.05, 0) is 47.1 Å². The Hall–Kier alpha value is -1.28. The van der Waals surface area contributed by atoms with Crippen LogP contribution in [-0.4, -0.2) is 6.61 Å². The largest absolute Gasteiger partial charge is 0.493 e. The zero-order valence-corrected chi connectivity index (χ0v) is 12.9. The van der Waals surface area contributed by atoms with E-state index in [1.165, 1.54) is 35.1 Å². The van der Waals surface area contributed by atoms with Gasteiger partial charge in [0.2, 0.25) is 0 Å². The van der Waals surface area contributed by atoms with E-state index in [1.807, 2.05) is 0 Å². The maximum Gasteiger partial charge on any atom is 0.122 e. The van der Waals surface area contributed by atoms with Crippen LogP contribution in [0.3, 0.4) is 0 Å². The van der Waals surface area contributed by atoms with E-state index in [0.29, 0.717) is 10.7 Å². The minimum absolute atomic E-state index is 0.431. The average molecular weight is 329 g/mol. The van der Waals surface area contributed by atoms with Crippen molar-refractivity contribution in [2.24, 2.45) is 5.92 Å². The lowest BCUT2D eigenvalue weighted by molar-refractivity contribution is 0.357. The molecule has 102 valence electrons. The van der Waals surface area contributed by atoms with Crippen molar-refractivity contribution in [3.05, 3.63) is 64.7 Å². The van der Waals surface area contributed by atoms with Crippen LogP contribution < -0.4 is 4.74 Å². The van der Waals surface area contributed by atoms with Crippen molar-refractivity contribution in [2.45, 2.75) is 24.1 Å². The molecule has 0 spiro atoms. The summed E-state index contributed by atoms with van der Waals surface area (Å²) in [5.41, 5.74) is 5.80. The van der Waals surface area contributed by atoms with Gasteiger partial charge >= 0.3 is 0 Å². The van der Waals surface area contributed by atoms with Gasteiger partial charge in [-0.2, -0.15) is 0 Å². The number of hydrogen-bond acceptors (Lipinski definition) is 1. The van der Waals surface area contributed by atoms with E-state index >= 15 is 0 Å². The zero-order valence-electron chi connectivity index (χ0n) is 11.3. The first-order chi connectivity index (χ1) is 9.81. The Morgan fingerprint density at radius 2 is 1.75 bits per heavy atom. The third-order valence-electron chi connectivity index (χ3n) is 4.53. The normalized spacial score (nSPS) is 18.4. The first-order valence-electron chi connectivity index (χ1n) is 7.28. The Bertz CT molecular complexity index is 625. The molecule has 20 heavy (non-hydrogen) atoms. The Morgan fingerprint density at radius 1 is 1.00 bits per heavy atom. The van der Waals surface area contributed by atoms with Crippen LogP contribution >= 0.6 is 15.9 Å². The van der Waals surface area contributed by atoms with Crippen LogP contribution in [0.4, 0.5) is 0 Å². The molecule has 1 aliphatic heterocycles. The maximum absolute atomic E-state index is 5.59. The molecule has 0 saturated heterocycles. The molecule has 0 bridgehead atoms. The lowest BCUT2D eigenvalue weighted by Gasteiger charge is -2.18. The Balaban J connectivity index is 1.58. The van der Waals surface area contributed by atoms with E-state index in [9.17, 15) is 0 Å². The van der Waals surface area contributed by atoms with Crippen molar-refractivity contribution in [3.8, 4) is 5.75 Å². The smallest absolute Gasteiger partial charge is 0.122 e. The Morgan fingerprint density at radius 3 is 2.50 bits per heavy atom. The predicted octanol–water partition coefficient (Wildman–Crippen LogP) is 4.47. The SMILES string of the molecule is BrC(c1ccc2c(c1)CCO2)C1Cc2ccccc2C1. The third kappa shape index (κ3) is 2.07. The van der Waals surface area contributed by atoms with Gasteiger partial charge in [0.05, 0.1) is 6.61 Å². The van der Waals surface area contributed by atoms with Gasteiger partial charge in [-0.1, -0.05) is 52.3 Å². The highest BCUT2D eigenvalue weighted by atomic mass is 79.9. The first kappa shape index (κ1) is 12.5. The summed E-state index contributed by atoms with van der Waals surface area (Å²) in [6.45, 7) is 0.834. The van der Waals surface area contributed by atoms with E-state index in [0.717, 1.165) is 18.8 Å². The first-order valence-corrected chi connectivity index (χ1v) is 8.19. The van der Waals surface area contributed by atoms with Crippen LogP contribution in [0.2, 0.25) is 0 Å². The van der Waals surface area contributed by atoms with Gasteiger partial charge in [-0.15, -0.1) is 0 Å². The van der Waals surface area contributed by atoms with Crippen molar-refractivity contribution in [2.75, 3.05) is 6.61 Å². The number of rotatable bonds is 2. The number of benzene rings is 2. The van der Waals surface area contributed by atoms with Gasteiger partial charge in [-0.3, -0.25) is 0 Å². The molecular formula is C18H17BrO. The van der Waals surface area contributed by atoms with E-state index in [1.54, 1.807) is 0 Å². The third-order valence-corrected chi connectivity index (χ3v) is 5.80. The van der Waals surface area contributed by atoms with Crippen molar-refractivity contribution in [3.63, 3.8) is 0 Å². The van der Waals surface area contributed by atoms with Crippen LogP contribution in [0.5, 0.6) is 5.75 Å². The van der Waals surface area contributed by atoms with E-state index in [4.69, 9.17) is 4.74 Å². The quantitative estimate of drug-likeness (QED) is 0.739. The highest BCUT2D eigenvalue weighted by Crippen LogP contribution is 2.41. The van der Waals surface area contributed by atoms with Gasteiger partial charge < -0.3 is 4.74 Å². The topological polar surface area (TPSA) is 9.23 Å². The van der Waals surface area contributed by atoms with Crippen LogP contribution in [-0.2, 0) is 19.3 Å². The molecule has 1 unspecified atom stereocenters. The standard InChI is InChI=1S/C18H17BrO/c19-18(15-5-6-17-14(11-15)7-8-20-17)16-9-12-3-1-2-4-13(12)10-16/h1-6,11,16,18H,7-10H2. The molecule has 0 aromatic heterocycles. The number of fused-ring (bicyclic) bond motifs is 2. The molecule has 1 heterocycles. The molecule has 2 aliphatic rings. The predicted molar refractivity (Wildman–Crippen MR) is 84.6 cm³/mol. The van der Waals surface area contributed by atoms with Crippen LogP contribution in [0, 0.1) is 5.92 Å². The lowest BCUT2D eigenvalue weighted by atomic mass is 9.95. The molecule has 0 fully saturated rings. The molecule has 0 amide bonds. The molecule has 2 aromatic rings. The number of halogens is 1. The monoisotopic (exact) mass is 328 g/mol. The molecule has 2 heteroatoms. The molecular weight excluding hydrogens is 312 g/mol. The number of ether oxygens (including phenoxy) is 1. The molecule has 1 atom stereocenters. The molecule has 1 nitrogen and oxygen atoms in total. The van der Waals surface area contributed by atoms with E-state index in [-0.39, 0.29) is 0 Å². The molecule has 0 N–H and O–H groups in total. The summed E-state index contributed by atoms with van der Waals surface area (Å²) in [4.78, 5) is 0.431. The maximum atomic E-state index is 5.59. The molecule has 0 saturated carbocycles. The highest BCUT2D eigenvalue weighted by Gasteiger charge is 2.28. The average Bonchev–Trinajstić information content (AvgIpc) is 3.11. The van der Waals surface area contributed by atoms with Crippen molar-refractivity contribution >= 4 is 15.9 Å². The second kappa shape index (κ2) is 4.92. The highest BCUT2D eigenvalue weighted by molar-refractivity contribution is 9.09. The van der Waals surface area contributed by atoms with E-state index in [2.05, 4.69) is 58.4 Å². The van der Waals surface area contributed by atoms with Crippen molar-refractivity contribution < 1.29 is 4.74 Å². The fourth-order valence-corrected chi connectivity index (χ4v) is 4.11. The fourth-order valence-electron chi connectivity index (χ4n) is 3.45. The van der Waals surface area contributed by atoms with Crippen LogP contribution in [0.15, 0.2) is 42.5 Å². The van der Waals surface area contributed by atoms with Crippen LogP contribution in [0.25, 0.3) is 0 Å². The summed E-state index contributed by atoms with van der Waals surface area (Å²) in [7, 11) is 0. The van der Waals surface area contributed by atoms with Gasteiger partial charge in [0.15, 0.2) is 0 Å². The summed E-state index contributed by atoms with van der Waals surface area (Å²) in [6, 6.07) is 15.5. The van der Waals surface area contributed by atoms with Crippen molar-refractivity contribution in [1.29, 1.82) is 0 Å². The number of hydrogen-bond donors (Lipinski definition) is 0. The lowest BCUT2D eigenvalue weighted by Crippen LogP contribution is -2.07. The number of alkyl halides is 1. The Kier molecular flexibility index (Phi) is 3.07. The Labute approximate surface area is 128 Å². The second-order valence-corrected chi connectivity index (χ2v) is 6.79. The van der Waals surface area contributed by atoms with Gasteiger partial charge in [0.1, 0.15) is 5.75 Å². The molecule has 2 aromatic carbocycles. The summed E-state index contributed by atoms with van der Waals surface area (Å²) >= 11 is 3.94. The van der Waals surface area contributed by atoms with E-state index < -0.39 is 0 Å². The summed E-state index contributed by atoms with van der Waals surface area (Å²) in [6.07, 6.45) is 3.41. The molecule has 1 aliphatic carbocycles. The summed E-state index contributed by atoms with van der Waals surface area (Å²) < 4.78 is 5.59. The minimum atomic E-state index is 0.431. The summed E-state index contributed by atoms with van der Waals surface area (Å²) in [5.74, 6) is 1.73. The molecule has 4 rings (SSSR count). The van der Waals surface area contributed by atoms with Gasteiger partial charge in [-0.25, -0.2) is 0 Å². The van der Waals surface area contributed by atoms with Crippen molar-refractivity contribution in [1.82, 2.24) is 0 Å². The fraction of sp³-hybridized carbons (Fsp3) is 0.333. The van der Waals surface area contributed by atoms with Gasteiger partial charge in [0, 0.05) is 11.2 Å². The molecule has 0 radical (unpaired) electrons. The van der Waals surface area contributed by atoms with Gasteiger partial charge in [0.25, 0.3) is 0 Å². The summed E-state index contributed by atoms with van der Waals surface area (Å²) in [5, 5.41) is 0. The zero-order chi connectivity index (χ0) is 13.5. The minimum Gasteiger partial charge on any atom is -0.493 e. The van der Waals surface area contributed by atoms with Crippen LogP contribution in [0.1, 0.15) is 27.1 Å². The second-order valence-electron chi connectivity index (χ2n) is 5.80.